The highest BCUT2D eigenvalue weighted by atomic mass is 79.9. The van der Waals surface area contributed by atoms with Crippen molar-refractivity contribution in [1.29, 1.82) is 5.26 Å². The van der Waals surface area contributed by atoms with E-state index in [1.165, 1.54) is 12.3 Å². The van der Waals surface area contributed by atoms with Crippen molar-refractivity contribution >= 4 is 49.3 Å². The maximum Gasteiger partial charge on any atom is 0.339 e. The maximum atomic E-state index is 11.2. The number of anilines is 2. The first-order valence-electron chi connectivity index (χ1n) is 5.37. The molecule has 1 heterocycles. The summed E-state index contributed by atoms with van der Waals surface area (Å²) in [6, 6.07) is 8.56. The van der Waals surface area contributed by atoms with Crippen LogP contribution in [0.1, 0.15) is 15.9 Å². The summed E-state index contributed by atoms with van der Waals surface area (Å²) < 4.78 is 1.33. The van der Waals surface area contributed by atoms with Gasteiger partial charge in [0.1, 0.15) is 17.5 Å². The van der Waals surface area contributed by atoms with E-state index in [0.717, 1.165) is 4.47 Å². The minimum Gasteiger partial charge on any atom is -0.478 e. The number of carboxylic acid groups (broad SMARTS) is 1. The van der Waals surface area contributed by atoms with E-state index in [9.17, 15) is 4.79 Å². The van der Waals surface area contributed by atoms with Gasteiger partial charge in [-0.2, -0.15) is 5.26 Å². The van der Waals surface area contributed by atoms with Gasteiger partial charge in [-0.05, 0) is 40.2 Å². The number of halogens is 2. The van der Waals surface area contributed by atoms with Crippen LogP contribution in [0.5, 0.6) is 0 Å². The summed E-state index contributed by atoms with van der Waals surface area (Å²) in [5, 5.41) is 21.1. The molecule has 2 aromatic rings. The van der Waals surface area contributed by atoms with E-state index < -0.39 is 5.97 Å². The first-order chi connectivity index (χ1) is 9.51. The molecule has 2 N–H and O–H groups in total. The molecule has 0 radical (unpaired) electrons. The molecule has 20 heavy (non-hydrogen) atoms. The fourth-order valence-corrected chi connectivity index (χ4v) is 2.24. The molecule has 0 saturated heterocycles. The molecule has 0 unspecified atom stereocenters. The minimum absolute atomic E-state index is 0.0196. The van der Waals surface area contributed by atoms with Gasteiger partial charge in [0, 0.05) is 15.1 Å². The predicted molar refractivity (Wildman–Crippen MR) is 81.0 cm³/mol. The largest absolute Gasteiger partial charge is 0.478 e. The van der Waals surface area contributed by atoms with Crippen LogP contribution in [-0.4, -0.2) is 16.1 Å². The van der Waals surface area contributed by atoms with Crippen molar-refractivity contribution in [1.82, 2.24) is 4.98 Å². The number of aromatic nitrogens is 1. The Bertz CT molecular complexity index is 726. The zero-order valence-electron chi connectivity index (χ0n) is 9.89. The summed E-state index contributed by atoms with van der Waals surface area (Å²) in [4.78, 5) is 15.2. The molecule has 0 atom stereocenters. The second kappa shape index (κ2) is 6.03. The number of pyridine rings is 1. The van der Waals surface area contributed by atoms with Gasteiger partial charge in [-0.3, -0.25) is 0 Å². The molecule has 2 rings (SSSR count). The Labute approximate surface area is 131 Å². The van der Waals surface area contributed by atoms with Crippen molar-refractivity contribution in [3.8, 4) is 6.07 Å². The third-order valence-electron chi connectivity index (χ3n) is 2.44. The van der Waals surface area contributed by atoms with Gasteiger partial charge in [-0.1, -0.05) is 15.9 Å². The van der Waals surface area contributed by atoms with Gasteiger partial charge in [-0.25, -0.2) is 9.78 Å². The van der Waals surface area contributed by atoms with Crippen molar-refractivity contribution in [2.75, 3.05) is 5.32 Å². The Morgan fingerprint density at radius 3 is 2.70 bits per heavy atom. The lowest BCUT2D eigenvalue weighted by molar-refractivity contribution is 0.0697. The van der Waals surface area contributed by atoms with E-state index in [4.69, 9.17) is 10.4 Å². The molecule has 0 saturated carbocycles. The molecule has 0 aliphatic rings. The number of nitrogens with zero attached hydrogens (tertiary/aromatic N) is 2. The number of nitrogens with one attached hydrogen (secondary N) is 1. The number of rotatable bonds is 3. The molecule has 1 aromatic heterocycles. The van der Waals surface area contributed by atoms with Crippen molar-refractivity contribution < 1.29 is 9.90 Å². The van der Waals surface area contributed by atoms with Gasteiger partial charge >= 0.3 is 5.97 Å². The van der Waals surface area contributed by atoms with Crippen LogP contribution in [0.4, 0.5) is 11.5 Å². The molecule has 1 aromatic carbocycles. The monoisotopic (exact) mass is 395 g/mol. The Morgan fingerprint density at radius 2 is 2.05 bits per heavy atom. The smallest absolute Gasteiger partial charge is 0.339 e. The second-order valence-electron chi connectivity index (χ2n) is 3.78. The van der Waals surface area contributed by atoms with E-state index in [-0.39, 0.29) is 11.4 Å². The van der Waals surface area contributed by atoms with Gasteiger partial charge < -0.3 is 10.4 Å². The molecule has 0 aliphatic carbocycles. The highest BCUT2D eigenvalue weighted by Crippen LogP contribution is 2.26. The van der Waals surface area contributed by atoms with Crippen molar-refractivity contribution in [2.45, 2.75) is 0 Å². The average molecular weight is 397 g/mol. The summed E-state index contributed by atoms with van der Waals surface area (Å²) in [6.45, 7) is 0. The van der Waals surface area contributed by atoms with Crippen LogP contribution in [-0.2, 0) is 0 Å². The molecule has 0 amide bonds. The summed E-state index contributed by atoms with van der Waals surface area (Å²) in [6.07, 6.45) is 1.49. The van der Waals surface area contributed by atoms with Crippen LogP contribution < -0.4 is 5.32 Å². The zero-order chi connectivity index (χ0) is 14.7. The van der Waals surface area contributed by atoms with Crippen molar-refractivity contribution in [3.05, 3.63) is 50.5 Å². The summed E-state index contributed by atoms with van der Waals surface area (Å²) in [5.41, 5.74) is 0.902. The molecule has 100 valence electrons. The molecule has 0 fully saturated rings. The SMILES string of the molecule is N#Cc1cc(Br)ccc1Nc1ncc(Br)cc1C(=O)O. The molecule has 0 aliphatic heterocycles. The van der Waals surface area contributed by atoms with Gasteiger partial charge in [0.25, 0.3) is 0 Å². The number of benzene rings is 1. The fourth-order valence-electron chi connectivity index (χ4n) is 1.55. The summed E-state index contributed by atoms with van der Waals surface area (Å²) in [5.74, 6) is -0.920. The first kappa shape index (κ1) is 14.5. The van der Waals surface area contributed by atoms with E-state index in [1.807, 2.05) is 6.07 Å². The van der Waals surface area contributed by atoms with E-state index in [2.05, 4.69) is 42.2 Å². The Morgan fingerprint density at radius 1 is 1.30 bits per heavy atom. The third-order valence-corrected chi connectivity index (χ3v) is 3.37. The lowest BCUT2D eigenvalue weighted by Crippen LogP contribution is -2.05. The molecule has 0 bridgehead atoms. The summed E-state index contributed by atoms with van der Waals surface area (Å²) in [7, 11) is 0. The number of nitriles is 1. The summed E-state index contributed by atoms with van der Waals surface area (Å²) >= 11 is 6.45. The molecular weight excluding hydrogens is 390 g/mol. The van der Waals surface area contributed by atoms with Crippen molar-refractivity contribution in [3.63, 3.8) is 0 Å². The fraction of sp³-hybridized carbons (Fsp3) is 0. The highest BCUT2D eigenvalue weighted by Gasteiger charge is 2.13. The molecule has 7 heteroatoms. The first-order valence-corrected chi connectivity index (χ1v) is 6.95. The highest BCUT2D eigenvalue weighted by molar-refractivity contribution is 9.10. The second-order valence-corrected chi connectivity index (χ2v) is 5.61. The number of hydrogen-bond acceptors (Lipinski definition) is 4. The normalized spacial score (nSPS) is 9.85. The van der Waals surface area contributed by atoms with Crippen molar-refractivity contribution in [2.24, 2.45) is 0 Å². The topological polar surface area (TPSA) is 86.0 Å². The molecular formula is C13H7Br2N3O2. The zero-order valence-corrected chi connectivity index (χ0v) is 13.1. The Kier molecular flexibility index (Phi) is 4.37. The van der Waals surface area contributed by atoms with Crippen LogP contribution in [0, 0.1) is 11.3 Å². The maximum absolute atomic E-state index is 11.2. The number of hydrogen-bond donors (Lipinski definition) is 2. The van der Waals surface area contributed by atoms with Gasteiger partial charge in [0.05, 0.1) is 11.3 Å². The number of carbonyl (C=O) groups is 1. The Hall–Kier alpha value is -1.91. The quantitative estimate of drug-likeness (QED) is 0.820. The Balaban J connectivity index is 2.45. The lowest BCUT2D eigenvalue weighted by atomic mass is 10.2. The number of aromatic carboxylic acids is 1. The van der Waals surface area contributed by atoms with E-state index in [0.29, 0.717) is 15.7 Å². The molecule has 5 nitrogen and oxygen atoms in total. The standard InChI is InChI=1S/C13H7Br2N3O2/c14-8-1-2-11(7(3-8)5-16)18-12-10(13(19)20)4-9(15)6-17-12/h1-4,6H,(H,17,18)(H,19,20). The predicted octanol–water partition coefficient (Wildman–Crippen LogP) is 3.92. The van der Waals surface area contributed by atoms with Gasteiger partial charge in [0.2, 0.25) is 0 Å². The molecule has 0 spiro atoms. The van der Waals surface area contributed by atoms with Crippen LogP contribution in [0.15, 0.2) is 39.4 Å². The van der Waals surface area contributed by atoms with Crippen LogP contribution in [0.2, 0.25) is 0 Å². The van der Waals surface area contributed by atoms with E-state index >= 15 is 0 Å². The van der Waals surface area contributed by atoms with Gasteiger partial charge in [0.15, 0.2) is 0 Å². The van der Waals surface area contributed by atoms with Crippen LogP contribution in [0.25, 0.3) is 0 Å². The van der Waals surface area contributed by atoms with Crippen LogP contribution >= 0.6 is 31.9 Å². The van der Waals surface area contributed by atoms with Crippen LogP contribution in [0.3, 0.4) is 0 Å². The van der Waals surface area contributed by atoms with E-state index in [1.54, 1.807) is 18.2 Å². The minimum atomic E-state index is -1.10. The number of carboxylic acids is 1. The third kappa shape index (κ3) is 3.15. The average Bonchev–Trinajstić information content (AvgIpc) is 2.42. The van der Waals surface area contributed by atoms with Gasteiger partial charge in [-0.15, -0.1) is 0 Å². The lowest BCUT2D eigenvalue weighted by Gasteiger charge is -2.10.